The lowest BCUT2D eigenvalue weighted by Gasteiger charge is -1.91. The molecule has 2 aromatic rings. The SMILES string of the molecule is CC=Cc1ccc2ncsc2c1. The average molecular weight is 175 g/mol. The second kappa shape index (κ2) is 3.07. The molecule has 1 heterocycles. The molecule has 0 spiro atoms. The number of allylic oxidation sites excluding steroid dienone is 1. The molecule has 2 heteroatoms. The highest BCUT2D eigenvalue weighted by Gasteiger charge is 1.94. The summed E-state index contributed by atoms with van der Waals surface area (Å²) in [6, 6.07) is 6.30. The van der Waals surface area contributed by atoms with Gasteiger partial charge in [0.1, 0.15) is 0 Å². The highest BCUT2D eigenvalue weighted by molar-refractivity contribution is 7.16. The fraction of sp³-hybridized carbons (Fsp3) is 0.100. The fourth-order valence-corrected chi connectivity index (χ4v) is 1.89. The Morgan fingerprint density at radius 2 is 2.33 bits per heavy atom. The minimum atomic E-state index is 1.09. The first-order valence-electron chi connectivity index (χ1n) is 3.86. The normalized spacial score (nSPS) is 11.4. The van der Waals surface area contributed by atoms with Crippen LogP contribution in [0.5, 0.6) is 0 Å². The molecule has 0 atom stereocenters. The van der Waals surface area contributed by atoms with Gasteiger partial charge < -0.3 is 0 Å². The Balaban J connectivity index is 2.60. The first-order valence-corrected chi connectivity index (χ1v) is 4.74. The van der Waals surface area contributed by atoms with Gasteiger partial charge in [-0.1, -0.05) is 18.2 Å². The Kier molecular flexibility index (Phi) is 1.92. The van der Waals surface area contributed by atoms with E-state index >= 15 is 0 Å². The molecule has 0 aliphatic rings. The molecule has 0 fully saturated rings. The summed E-state index contributed by atoms with van der Waals surface area (Å²) in [7, 11) is 0. The van der Waals surface area contributed by atoms with Crippen LogP contribution in [-0.2, 0) is 0 Å². The second-order valence-corrected chi connectivity index (χ2v) is 3.47. The van der Waals surface area contributed by atoms with Crippen LogP contribution in [0.15, 0.2) is 29.8 Å². The molecule has 1 aromatic heterocycles. The van der Waals surface area contributed by atoms with Crippen molar-refractivity contribution in [3.63, 3.8) is 0 Å². The smallest absolute Gasteiger partial charge is 0.0812 e. The number of nitrogens with zero attached hydrogens (tertiary/aromatic N) is 1. The monoisotopic (exact) mass is 175 g/mol. The minimum Gasteiger partial charge on any atom is -0.245 e. The van der Waals surface area contributed by atoms with Crippen LogP contribution in [0.1, 0.15) is 12.5 Å². The molecule has 0 N–H and O–H groups in total. The van der Waals surface area contributed by atoms with Gasteiger partial charge in [0.25, 0.3) is 0 Å². The summed E-state index contributed by atoms with van der Waals surface area (Å²) in [5.74, 6) is 0. The van der Waals surface area contributed by atoms with Crippen LogP contribution in [0.4, 0.5) is 0 Å². The Bertz CT molecular complexity index is 414. The summed E-state index contributed by atoms with van der Waals surface area (Å²) in [6.07, 6.45) is 4.14. The van der Waals surface area contributed by atoms with Crippen LogP contribution in [0, 0.1) is 0 Å². The van der Waals surface area contributed by atoms with Crippen LogP contribution in [-0.4, -0.2) is 4.98 Å². The van der Waals surface area contributed by atoms with E-state index in [1.54, 1.807) is 11.3 Å². The van der Waals surface area contributed by atoms with Gasteiger partial charge in [0, 0.05) is 0 Å². The van der Waals surface area contributed by atoms with Gasteiger partial charge in [-0.25, -0.2) is 4.98 Å². The van der Waals surface area contributed by atoms with Gasteiger partial charge in [-0.3, -0.25) is 0 Å². The number of thiazole rings is 1. The van der Waals surface area contributed by atoms with Crippen molar-refractivity contribution in [2.24, 2.45) is 0 Å². The zero-order valence-electron chi connectivity index (χ0n) is 6.82. The lowest BCUT2D eigenvalue weighted by atomic mass is 10.2. The Morgan fingerprint density at radius 1 is 1.42 bits per heavy atom. The van der Waals surface area contributed by atoms with Crippen molar-refractivity contribution in [1.29, 1.82) is 0 Å². The van der Waals surface area contributed by atoms with E-state index in [9.17, 15) is 0 Å². The number of fused-ring (bicyclic) bond motifs is 1. The van der Waals surface area contributed by atoms with Crippen LogP contribution in [0.3, 0.4) is 0 Å². The highest BCUT2D eigenvalue weighted by Crippen LogP contribution is 2.19. The van der Waals surface area contributed by atoms with Gasteiger partial charge in [0.2, 0.25) is 0 Å². The minimum absolute atomic E-state index is 1.09. The lowest BCUT2D eigenvalue weighted by Crippen LogP contribution is -1.70. The third-order valence-corrected chi connectivity index (χ3v) is 2.51. The predicted molar refractivity (Wildman–Crippen MR) is 54.3 cm³/mol. The predicted octanol–water partition coefficient (Wildman–Crippen LogP) is 3.33. The zero-order valence-corrected chi connectivity index (χ0v) is 7.64. The van der Waals surface area contributed by atoms with E-state index in [4.69, 9.17) is 0 Å². The first-order chi connectivity index (χ1) is 5.90. The molecule has 0 bridgehead atoms. The molecule has 60 valence electrons. The Morgan fingerprint density at radius 3 is 3.17 bits per heavy atom. The molecular weight excluding hydrogens is 166 g/mol. The van der Waals surface area contributed by atoms with Crippen molar-refractivity contribution in [1.82, 2.24) is 4.98 Å². The average Bonchev–Trinajstić information content (AvgIpc) is 2.51. The van der Waals surface area contributed by atoms with Crippen LogP contribution in [0.25, 0.3) is 16.3 Å². The van der Waals surface area contributed by atoms with Gasteiger partial charge in [-0.15, -0.1) is 11.3 Å². The standard InChI is InChI=1S/C10H9NS/c1-2-3-8-4-5-9-10(6-8)12-7-11-9/h2-7H,1H3. The van der Waals surface area contributed by atoms with E-state index in [2.05, 4.69) is 29.3 Å². The van der Waals surface area contributed by atoms with E-state index in [1.807, 2.05) is 18.5 Å². The Labute approximate surface area is 75.4 Å². The van der Waals surface area contributed by atoms with Crippen molar-refractivity contribution < 1.29 is 0 Å². The van der Waals surface area contributed by atoms with Gasteiger partial charge in [-0.05, 0) is 24.6 Å². The van der Waals surface area contributed by atoms with Crippen molar-refractivity contribution in [3.05, 3.63) is 35.3 Å². The molecule has 0 amide bonds. The summed E-state index contributed by atoms with van der Waals surface area (Å²) in [5.41, 5.74) is 4.21. The van der Waals surface area contributed by atoms with E-state index in [0.717, 1.165) is 5.52 Å². The fourth-order valence-electron chi connectivity index (χ4n) is 1.17. The topological polar surface area (TPSA) is 12.9 Å². The quantitative estimate of drug-likeness (QED) is 0.647. The molecule has 12 heavy (non-hydrogen) atoms. The molecule has 1 aromatic carbocycles. The van der Waals surface area contributed by atoms with E-state index in [0.29, 0.717) is 0 Å². The maximum Gasteiger partial charge on any atom is 0.0812 e. The zero-order chi connectivity index (χ0) is 8.39. The maximum absolute atomic E-state index is 4.21. The number of rotatable bonds is 1. The van der Waals surface area contributed by atoms with Gasteiger partial charge >= 0.3 is 0 Å². The van der Waals surface area contributed by atoms with E-state index in [-0.39, 0.29) is 0 Å². The summed E-state index contributed by atoms with van der Waals surface area (Å²) in [6.45, 7) is 2.02. The van der Waals surface area contributed by atoms with Gasteiger partial charge in [-0.2, -0.15) is 0 Å². The molecule has 0 aliphatic heterocycles. The summed E-state index contributed by atoms with van der Waals surface area (Å²) >= 11 is 1.68. The molecule has 2 rings (SSSR count). The van der Waals surface area contributed by atoms with Crippen molar-refractivity contribution in [2.75, 3.05) is 0 Å². The number of aromatic nitrogens is 1. The number of hydrogen-bond donors (Lipinski definition) is 0. The summed E-state index contributed by atoms with van der Waals surface area (Å²) in [5, 5.41) is 0. The molecule has 0 unspecified atom stereocenters. The largest absolute Gasteiger partial charge is 0.245 e. The number of benzene rings is 1. The van der Waals surface area contributed by atoms with E-state index in [1.165, 1.54) is 10.3 Å². The van der Waals surface area contributed by atoms with Crippen molar-refractivity contribution in [2.45, 2.75) is 6.92 Å². The highest BCUT2D eigenvalue weighted by atomic mass is 32.1. The van der Waals surface area contributed by atoms with Gasteiger partial charge in [0.05, 0.1) is 15.7 Å². The molecule has 0 aliphatic carbocycles. The van der Waals surface area contributed by atoms with E-state index < -0.39 is 0 Å². The third-order valence-electron chi connectivity index (χ3n) is 1.71. The molecule has 1 nitrogen and oxygen atoms in total. The molecule has 0 saturated carbocycles. The lowest BCUT2D eigenvalue weighted by molar-refractivity contribution is 1.50. The van der Waals surface area contributed by atoms with Crippen molar-refractivity contribution in [3.8, 4) is 0 Å². The molecular formula is C10H9NS. The van der Waals surface area contributed by atoms with Gasteiger partial charge in [0.15, 0.2) is 0 Å². The number of hydrogen-bond acceptors (Lipinski definition) is 2. The van der Waals surface area contributed by atoms with Crippen LogP contribution >= 0.6 is 11.3 Å². The third kappa shape index (κ3) is 1.25. The molecule has 0 saturated heterocycles. The van der Waals surface area contributed by atoms with Crippen molar-refractivity contribution >= 4 is 27.6 Å². The second-order valence-electron chi connectivity index (χ2n) is 2.58. The summed E-state index contributed by atoms with van der Waals surface area (Å²) in [4.78, 5) is 4.21. The maximum atomic E-state index is 4.21. The molecule has 0 radical (unpaired) electrons. The first kappa shape index (κ1) is 7.50. The summed E-state index contributed by atoms with van der Waals surface area (Å²) < 4.78 is 1.26. The Hall–Kier alpha value is -1.15. The van der Waals surface area contributed by atoms with Crippen LogP contribution in [0.2, 0.25) is 0 Å². The van der Waals surface area contributed by atoms with Crippen LogP contribution < -0.4 is 0 Å².